The number of aromatic nitrogens is 1. The van der Waals surface area contributed by atoms with E-state index in [1.54, 1.807) is 25.4 Å². The summed E-state index contributed by atoms with van der Waals surface area (Å²) in [5.74, 6) is 0.687. The van der Waals surface area contributed by atoms with Gasteiger partial charge in [-0.15, -0.1) is 0 Å². The van der Waals surface area contributed by atoms with Gasteiger partial charge in [0.25, 0.3) is 0 Å². The first kappa shape index (κ1) is 11.8. The highest BCUT2D eigenvalue weighted by atomic mass is 16.5. The fourth-order valence-electron chi connectivity index (χ4n) is 1.81. The van der Waals surface area contributed by atoms with E-state index in [2.05, 4.69) is 16.4 Å². The monoisotopic (exact) mass is 233 g/mol. The predicted octanol–water partition coefficient (Wildman–Crippen LogP) is 1.17. The van der Waals surface area contributed by atoms with E-state index in [0.717, 1.165) is 13.0 Å². The van der Waals surface area contributed by atoms with Crippen LogP contribution in [0.25, 0.3) is 0 Å². The van der Waals surface area contributed by atoms with E-state index in [1.807, 2.05) is 0 Å². The van der Waals surface area contributed by atoms with Gasteiger partial charge in [-0.25, -0.2) is 4.98 Å². The maximum absolute atomic E-state index is 8.79. The van der Waals surface area contributed by atoms with Crippen molar-refractivity contribution in [3.8, 4) is 6.07 Å². The molecule has 0 amide bonds. The van der Waals surface area contributed by atoms with Crippen LogP contribution in [0.2, 0.25) is 0 Å². The van der Waals surface area contributed by atoms with Gasteiger partial charge in [0.05, 0.1) is 18.2 Å². The van der Waals surface area contributed by atoms with Gasteiger partial charge in [-0.05, 0) is 12.1 Å². The number of methoxy groups -OCH3 is 1. The third kappa shape index (κ3) is 2.73. The van der Waals surface area contributed by atoms with Gasteiger partial charge in [0, 0.05) is 32.9 Å². The molecular weight excluding hydrogens is 218 g/mol. The number of hydrogen-bond acceptors (Lipinski definition) is 5. The van der Waals surface area contributed by atoms with Crippen LogP contribution in [0, 0.1) is 11.3 Å². The van der Waals surface area contributed by atoms with Crippen LogP contribution in [0.3, 0.4) is 0 Å². The second kappa shape index (κ2) is 5.13. The molecule has 0 aromatic carbocycles. The van der Waals surface area contributed by atoms with Gasteiger partial charge in [-0.2, -0.15) is 5.26 Å². The van der Waals surface area contributed by atoms with E-state index in [4.69, 9.17) is 14.7 Å². The maximum atomic E-state index is 8.79. The molecule has 0 spiro atoms. The van der Waals surface area contributed by atoms with Gasteiger partial charge in [0.2, 0.25) is 0 Å². The Balaban J connectivity index is 1.99. The SMILES string of the molecule is COC1(CNc2cc(C#N)ccn2)CCOC1. The van der Waals surface area contributed by atoms with Gasteiger partial charge in [-0.1, -0.05) is 0 Å². The number of nitrogens with one attached hydrogen (secondary N) is 1. The maximum Gasteiger partial charge on any atom is 0.127 e. The zero-order chi connectivity index (χ0) is 12.1. The highest BCUT2D eigenvalue weighted by Gasteiger charge is 2.34. The van der Waals surface area contributed by atoms with Crippen LogP contribution in [-0.4, -0.2) is 37.5 Å². The molecule has 0 bridgehead atoms. The molecule has 1 saturated heterocycles. The lowest BCUT2D eigenvalue weighted by Gasteiger charge is -2.26. The summed E-state index contributed by atoms with van der Waals surface area (Å²) in [6.07, 6.45) is 2.49. The Labute approximate surface area is 100 Å². The molecule has 90 valence electrons. The molecular formula is C12H15N3O2. The van der Waals surface area contributed by atoms with E-state index >= 15 is 0 Å². The topological polar surface area (TPSA) is 67.2 Å². The first-order chi connectivity index (χ1) is 8.28. The van der Waals surface area contributed by atoms with Crippen molar-refractivity contribution in [2.45, 2.75) is 12.0 Å². The minimum atomic E-state index is -0.273. The third-order valence-electron chi connectivity index (χ3n) is 2.98. The summed E-state index contributed by atoms with van der Waals surface area (Å²) in [6, 6.07) is 5.48. The molecule has 5 heteroatoms. The molecule has 0 radical (unpaired) electrons. The molecule has 17 heavy (non-hydrogen) atoms. The molecule has 1 N–H and O–H groups in total. The van der Waals surface area contributed by atoms with Gasteiger partial charge >= 0.3 is 0 Å². The predicted molar refractivity (Wildman–Crippen MR) is 62.6 cm³/mol. The van der Waals surface area contributed by atoms with Crippen LogP contribution >= 0.6 is 0 Å². The van der Waals surface area contributed by atoms with Crippen molar-refractivity contribution < 1.29 is 9.47 Å². The Bertz CT molecular complexity index is 422. The normalized spacial score (nSPS) is 23.3. The number of anilines is 1. The lowest BCUT2D eigenvalue weighted by molar-refractivity contribution is -0.00625. The zero-order valence-corrected chi connectivity index (χ0v) is 9.77. The number of ether oxygens (including phenoxy) is 2. The molecule has 0 aliphatic carbocycles. The molecule has 1 aliphatic heterocycles. The highest BCUT2D eigenvalue weighted by Crippen LogP contribution is 2.22. The van der Waals surface area contributed by atoms with E-state index in [-0.39, 0.29) is 5.60 Å². The lowest BCUT2D eigenvalue weighted by Crippen LogP contribution is -2.39. The van der Waals surface area contributed by atoms with Gasteiger partial charge in [0.1, 0.15) is 11.4 Å². The second-order valence-corrected chi connectivity index (χ2v) is 4.08. The lowest BCUT2D eigenvalue weighted by atomic mass is 10.0. The first-order valence-corrected chi connectivity index (χ1v) is 5.51. The molecule has 1 fully saturated rings. The molecule has 2 rings (SSSR count). The zero-order valence-electron chi connectivity index (χ0n) is 9.77. The van der Waals surface area contributed by atoms with Crippen LogP contribution in [-0.2, 0) is 9.47 Å². The van der Waals surface area contributed by atoms with Crippen molar-refractivity contribution in [1.82, 2.24) is 4.98 Å². The molecule has 5 nitrogen and oxygen atoms in total. The summed E-state index contributed by atoms with van der Waals surface area (Å²) < 4.78 is 10.8. The van der Waals surface area contributed by atoms with Crippen LogP contribution < -0.4 is 5.32 Å². The Morgan fingerprint density at radius 1 is 1.71 bits per heavy atom. The van der Waals surface area contributed by atoms with Gasteiger partial charge < -0.3 is 14.8 Å². The smallest absolute Gasteiger partial charge is 0.127 e. The van der Waals surface area contributed by atoms with Crippen molar-refractivity contribution in [1.29, 1.82) is 5.26 Å². The van der Waals surface area contributed by atoms with E-state index in [1.165, 1.54) is 0 Å². The number of rotatable bonds is 4. The summed E-state index contributed by atoms with van der Waals surface area (Å²) in [5, 5.41) is 12.0. The molecule has 1 aromatic rings. The van der Waals surface area contributed by atoms with Crippen molar-refractivity contribution in [2.75, 3.05) is 32.2 Å². The van der Waals surface area contributed by atoms with Crippen molar-refractivity contribution in [3.05, 3.63) is 23.9 Å². The van der Waals surface area contributed by atoms with E-state index < -0.39 is 0 Å². The van der Waals surface area contributed by atoms with Crippen molar-refractivity contribution >= 4 is 5.82 Å². The van der Waals surface area contributed by atoms with E-state index in [9.17, 15) is 0 Å². The Kier molecular flexibility index (Phi) is 3.57. The standard InChI is InChI=1S/C12H15N3O2/c1-16-12(3-5-17-9-12)8-15-11-6-10(7-13)2-4-14-11/h2,4,6H,3,5,8-9H2,1H3,(H,14,15). The van der Waals surface area contributed by atoms with Crippen LogP contribution in [0.15, 0.2) is 18.3 Å². The minimum absolute atomic E-state index is 0.273. The minimum Gasteiger partial charge on any atom is -0.378 e. The van der Waals surface area contributed by atoms with E-state index in [0.29, 0.717) is 24.5 Å². The van der Waals surface area contributed by atoms with Crippen LogP contribution in [0.5, 0.6) is 0 Å². The average Bonchev–Trinajstić information content (AvgIpc) is 2.86. The fraction of sp³-hybridized carbons (Fsp3) is 0.500. The first-order valence-electron chi connectivity index (χ1n) is 5.51. The summed E-state index contributed by atoms with van der Waals surface area (Å²) in [5.41, 5.74) is 0.321. The van der Waals surface area contributed by atoms with Gasteiger partial charge in [0.15, 0.2) is 0 Å². The van der Waals surface area contributed by atoms with Crippen molar-refractivity contribution in [3.63, 3.8) is 0 Å². The summed E-state index contributed by atoms with van der Waals surface area (Å²) in [6.45, 7) is 1.95. The number of pyridine rings is 1. The van der Waals surface area contributed by atoms with Crippen LogP contribution in [0.1, 0.15) is 12.0 Å². The number of nitriles is 1. The summed E-state index contributed by atoms with van der Waals surface area (Å²) in [4.78, 5) is 4.16. The molecule has 1 unspecified atom stereocenters. The number of hydrogen-bond donors (Lipinski definition) is 1. The Morgan fingerprint density at radius 3 is 3.24 bits per heavy atom. The number of nitrogens with zero attached hydrogens (tertiary/aromatic N) is 2. The fourth-order valence-corrected chi connectivity index (χ4v) is 1.81. The quantitative estimate of drug-likeness (QED) is 0.845. The van der Waals surface area contributed by atoms with Crippen molar-refractivity contribution in [2.24, 2.45) is 0 Å². The Morgan fingerprint density at radius 2 is 2.59 bits per heavy atom. The summed E-state index contributed by atoms with van der Waals surface area (Å²) >= 11 is 0. The molecule has 2 heterocycles. The summed E-state index contributed by atoms with van der Waals surface area (Å²) in [7, 11) is 1.69. The molecule has 1 atom stereocenters. The molecule has 1 aliphatic rings. The second-order valence-electron chi connectivity index (χ2n) is 4.08. The molecule has 0 saturated carbocycles. The highest BCUT2D eigenvalue weighted by molar-refractivity contribution is 5.42. The molecule has 1 aromatic heterocycles. The average molecular weight is 233 g/mol. The third-order valence-corrected chi connectivity index (χ3v) is 2.98. The largest absolute Gasteiger partial charge is 0.378 e. The van der Waals surface area contributed by atoms with Crippen LogP contribution in [0.4, 0.5) is 5.82 Å². The van der Waals surface area contributed by atoms with Gasteiger partial charge in [-0.3, -0.25) is 0 Å². The Hall–Kier alpha value is -1.64.